The summed E-state index contributed by atoms with van der Waals surface area (Å²) in [5.74, 6) is 0.769. The van der Waals surface area contributed by atoms with Gasteiger partial charge in [0.05, 0.1) is 10.7 Å². The summed E-state index contributed by atoms with van der Waals surface area (Å²) in [5.41, 5.74) is 5.33. The Kier molecular flexibility index (Phi) is 6.71. The van der Waals surface area contributed by atoms with Crippen LogP contribution in [0.15, 0.2) is 58.5 Å². The molecule has 0 amide bonds. The quantitative estimate of drug-likeness (QED) is 0.358. The lowest BCUT2D eigenvalue weighted by Crippen LogP contribution is -2.43. The molecule has 3 aromatic rings. The van der Waals surface area contributed by atoms with E-state index in [2.05, 4.69) is 98.8 Å². The first-order chi connectivity index (χ1) is 15.0. The molecular weight excluding hydrogens is 396 g/mol. The van der Waals surface area contributed by atoms with Gasteiger partial charge >= 0.3 is 0 Å². The van der Waals surface area contributed by atoms with E-state index in [1.54, 1.807) is 0 Å². The van der Waals surface area contributed by atoms with Gasteiger partial charge in [-0.05, 0) is 35.9 Å². The number of aromatic nitrogens is 1. The zero-order valence-electron chi connectivity index (χ0n) is 19.6. The van der Waals surface area contributed by atoms with E-state index >= 15 is 0 Å². The summed E-state index contributed by atoms with van der Waals surface area (Å²) >= 11 is 1.87. The molecule has 0 saturated heterocycles. The topological polar surface area (TPSA) is 7.12 Å². The third-order valence-electron chi connectivity index (χ3n) is 6.62. The Morgan fingerprint density at radius 3 is 2.48 bits per heavy atom. The molecule has 0 N–H and O–H groups in total. The van der Waals surface area contributed by atoms with Crippen LogP contribution in [0.1, 0.15) is 56.5 Å². The molecule has 1 aliphatic heterocycles. The van der Waals surface area contributed by atoms with Gasteiger partial charge in [0.25, 0.3) is 0 Å². The number of benzene rings is 2. The fraction of sp³-hybridized carbons (Fsp3) is 0.393. The first-order valence-electron chi connectivity index (χ1n) is 11.7. The lowest BCUT2D eigenvalue weighted by molar-refractivity contribution is -0.714. The molecule has 1 aromatic heterocycles. The summed E-state index contributed by atoms with van der Waals surface area (Å²) in [6.45, 7) is 10.3. The molecule has 31 heavy (non-hydrogen) atoms. The lowest BCUT2D eigenvalue weighted by Gasteiger charge is -2.16. The monoisotopic (exact) mass is 431 g/mol. The van der Waals surface area contributed by atoms with Crippen LogP contribution in [0.25, 0.3) is 16.8 Å². The van der Waals surface area contributed by atoms with E-state index in [1.165, 1.54) is 69.0 Å². The van der Waals surface area contributed by atoms with E-state index in [-0.39, 0.29) is 0 Å². The highest BCUT2D eigenvalue weighted by Gasteiger charge is 2.25. The van der Waals surface area contributed by atoms with E-state index in [0.29, 0.717) is 0 Å². The Morgan fingerprint density at radius 1 is 1.03 bits per heavy atom. The Balaban J connectivity index is 1.61. The molecule has 3 heteroatoms. The second kappa shape index (κ2) is 9.48. The van der Waals surface area contributed by atoms with Gasteiger partial charge in [0, 0.05) is 49.2 Å². The molecular formula is C28H35N2S+. The average molecular weight is 432 g/mol. The molecule has 1 atom stereocenters. The minimum Gasteiger partial charge on any atom is -0.338 e. The van der Waals surface area contributed by atoms with Crippen LogP contribution in [-0.2, 0) is 6.54 Å². The van der Waals surface area contributed by atoms with Gasteiger partial charge in [-0.25, -0.2) is 0 Å². The Labute approximate surface area is 192 Å². The van der Waals surface area contributed by atoms with Crippen molar-refractivity contribution < 1.29 is 4.57 Å². The van der Waals surface area contributed by atoms with Gasteiger partial charge < -0.3 is 4.90 Å². The Hall–Kier alpha value is -2.26. The molecule has 0 aliphatic carbocycles. The van der Waals surface area contributed by atoms with Crippen LogP contribution in [0.4, 0.5) is 5.69 Å². The van der Waals surface area contributed by atoms with Crippen LogP contribution < -0.4 is 9.47 Å². The molecule has 2 nitrogen and oxygen atoms in total. The van der Waals surface area contributed by atoms with E-state index in [0.717, 1.165) is 12.5 Å². The van der Waals surface area contributed by atoms with Crippen LogP contribution in [0, 0.1) is 19.8 Å². The molecule has 2 heterocycles. The van der Waals surface area contributed by atoms with Gasteiger partial charge in [0.15, 0.2) is 17.9 Å². The van der Waals surface area contributed by atoms with E-state index < -0.39 is 0 Å². The maximum absolute atomic E-state index is 2.51. The van der Waals surface area contributed by atoms with Crippen molar-refractivity contribution in [2.75, 3.05) is 11.9 Å². The molecule has 0 spiro atoms. The van der Waals surface area contributed by atoms with Crippen LogP contribution in [0.2, 0.25) is 0 Å². The van der Waals surface area contributed by atoms with Crippen molar-refractivity contribution in [1.29, 1.82) is 0 Å². The fourth-order valence-corrected chi connectivity index (χ4v) is 5.86. The molecule has 4 rings (SSSR count). The highest BCUT2D eigenvalue weighted by molar-refractivity contribution is 8.04. The number of pyridine rings is 1. The SMILES string of the molecule is CCCC[C@H](CC)C[n+]1c(C)cc(C=C2Sc3ccc4ccccc4c3N2C)cc1C. The maximum atomic E-state index is 2.51. The molecule has 2 aromatic carbocycles. The van der Waals surface area contributed by atoms with Crippen molar-refractivity contribution in [3.8, 4) is 0 Å². The fourth-order valence-electron chi connectivity index (χ4n) is 4.73. The number of hydrogen-bond acceptors (Lipinski definition) is 2. The predicted molar refractivity (Wildman–Crippen MR) is 136 cm³/mol. The molecule has 0 unspecified atom stereocenters. The van der Waals surface area contributed by atoms with Crippen molar-refractivity contribution >= 4 is 34.3 Å². The van der Waals surface area contributed by atoms with E-state index in [4.69, 9.17) is 0 Å². The summed E-state index contributed by atoms with van der Waals surface area (Å²) in [4.78, 5) is 3.69. The van der Waals surface area contributed by atoms with Crippen molar-refractivity contribution in [3.63, 3.8) is 0 Å². The van der Waals surface area contributed by atoms with Crippen LogP contribution in [0.3, 0.4) is 0 Å². The van der Waals surface area contributed by atoms with E-state index in [9.17, 15) is 0 Å². The van der Waals surface area contributed by atoms with Crippen molar-refractivity contribution in [2.45, 2.75) is 64.8 Å². The molecule has 0 fully saturated rings. The lowest BCUT2D eigenvalue weighted by atomic mass is 9.98. The summed E-state index contributed by atoms with van der Waals surface area (Å²) < 4.78 is 2.51. The number of anilines is 1. The summed E-state index contributed by atoms with van der Waals surface area (Å²) in [6, 6.07) is 17.9. The van der Waals surface area contributed by atoms with Gasteiger partial charge in [0.1, 0.15) is 0 Å². The number of nitrogens with zero attached hydrogens (tertiary/aromatic N) is 2. The number of fused-ring (bicyclic) bond motifs is 3. The third kappa shape index (κ3) is 4.52. The number of aryl methyl sites for hydroxylation is 2. The van der Waals surface area contributed by atoms with Crippen molar-refractivity contribution in [2.24, 2.45) is 5.92 Å². The standard InChI is InChI=1S/C28H35N2S/c1-6-8-11-22(7-2)19-30-20(3)16-23(17-21(30)4)18-27-29(5)28-25-13-10-9-12-24(25)14-15-26(28)31-27/h9-10,12-18,22H,6-8,11,19H2,1-5H3/q+1/t22-/m0/s1. The average Bonchev–Trinajstić information content (AvgIpc) is 3.08. The number of hydrogen-bond donors (Lipinski definition) is 0. The van der Waals surface area contributed by atoms with Crippen LogP contribution in [0.5, 0.6) is 0 Å². The highest BCUT2D eigenvalue weighted by atomic mass is 32.2. The van der Waals surface area contributed by atoms with Gasteiger partial charge in [-0.3, -0.25) is 0 Å². The van der Waals surface area contributed by atoms with Crippen molar-refractivity contribution in [3.05, 3.63) is 70.5 Å². The Morgan fingerprint density at radius 2 is 1.77 bits per heavy atom. The number of unbranched alkanes of at least 4 members (excludes halogenated alkanes) is 1. The van der Waals surface area contributed by atoms with Gasteiger partial charge in [0.2, 0.25) is 0 Å². The predicted octanol–water partition coefficient (Wildman–Crippen LogP) is 7.50. The number of rotatable bonds is 7. The minimum atomic E-state index is 0.769. The second-order valence-corrected chi connectivity index (χ2v) is 9.94. The normalized spacial score (nSPS) is 15.6. The smallest absolute Gasteiger partial charge is 0.179 e. The number of thioether (sulfide) groups is 1. The molecule has 0 saturated carbocycles. The van der Waals surface area contributed by atoms with Crippen molar-refractivity contribution in [1.82, 2.24) is 0 Å². The van der Waals surface area contributed by atoms with Gasteiger partial charge in [-0.1, -0.05) is 68.8 Å². The summed E-state index contributed by atoms with van der Waals surface area (Å²) in [7, 11) is 2.19. The highest BCUT2D eigenvalue weighted by Crippen LogP contribution is 2.49. The first-order valence-corrected chi connectivity index (χ1v) is 12.5. The van der Waals surface area contributed by atoms with E-state index in [1.807, 2.05) is 11.8 Å². The molecule has 162 valence electrons. The zero-order valence-corrected chi connectivity index (χ0v) is 20.4. The van der Waals surface area contributed by atoms with Crippen LogP contribution in [-0.4, -0.2) is 7.05 Å². The minimum absolute atomic E-state index is 0.769. The first kappa shape index (κ1) is 22.0. The second-order valence-electron chi connectivity index (χ2n) is 8.88. The molecule has 0 bridgehead atoms. The third-order valence-corrected chi connectivity index (χ3v) is 7.77. The molecule has 0 radical (unpaired) electrons. The van der Waals surface area contributed by atoms with Gasteiger partial charge in [-0.15, -0.1) is 0 Å². The maximum Gasteiger partial charge on any atom is 0.179 e. The van der Waals surface area contributed by atoms with Crippen LogP contribution >= 0.6 is 11.8 Å². The zero-order chi connectivity index (χ0) is 22.0. The largest absolute Gasteiger partial charge is 0.338 e. The summed E-state index contributed by atoms with van der Waals surface area (Å²) in [5, 5.41) is 3.92. The Bertz CT molecular complexity index is 1090. The van der Waals surface area contributed by atoms with Gasteiger partial charge in [-0.2, -0.15) is 4.57 Å². The summed E-state index contributed by atoms with van der Waals surface area (Å²) in [6.07, 6.45) is 7.55. The molecule has 1 aliphatic rings.